The first kappa shape index (κ1) is 19.1. The number of aromatic nitrogens is 2. The van der Waals surface area contributed by atoms with Crippen molar-refractivity contribution in [2.24, 2.45) is 0 Å². The highest BCUT2D eigenvalue weighted by molar-refractivity contribution is 5.89. The zero-order valence-electron chi connectivity index (χ0n) is 14.7. The number of nitrogens with zero attached hydrogens (tertiary/aromatic N) is 3. The van der Waals surface area contributed by atoms with Gasteiger partial charge in [0.1, 0.15) is 18.5 Å². The molecule has 1 aliphatic heterocycles. The average Bonchev–Trinajstić information content (AvgIpc) is 3.00. The second-order valence-corrected chi connectivity index (χ2v) is 6.46. The van der Waals surface area contributed by atoms with E-state index in [4.69, 9.17) is 4.74 Å². The summed E-state index contributed by atoms with van der Waals surface area (Å²) in [6.45, 7) is 3.02. The third-order valence-electron chi connectivity index (χ3n) is 4.47. The van der Waals surface area contributed by atoms with Crippen molar-refractivity contribution < 1.29 is 27.8 Å². The maximum absolute atomic E-state index is 14.2. The van der Waals surface area contributed by atoms with Crippen LogP contribution in [0.2, 0.25) is 0 Å². The van der Waals surface area contributed by atoms with E-state index in [0.29, 0.717) is 0 Å². The lowest BCUT2D eigenvalue weighted by Crippen LogP contribution is -2.42. The number of aliphatic hydroxyl groups excluding tert-OH is 1. The summed E-state index contributed by atoms with van der Waals surface area (Å²) in [5.41, 5.74) is 0.145. The summed E-state index contributed by atoms with van der Waals surface area (Å²) in [6, 6.07) is 3.09. The van der Waals surface area contributed by atoms with Gasteiger partial charge in [0, 0.05) is 6.42 Å². The largest absolute Gasteiger partial charge is 0.447 e. The van der Waals surface area contributed by atoms with Crippen molar-refractivity contribution >= 4 is 11.9 Å². The number of carbonyl (C=O) groups is 1. The normalized spacial score (nSPS) is 19.1. The van der Waals surface area contributed by atoms with Gasteiger partial charge >= 0.3 is 6.09 Å². The van der Waals surface area contributed by atoms with Crippen LogP contribution in [-0.4, -0.2) is 39.9 Å². The fourth-order valence-electron chi connectivity index (χ4n) is 2.98. The van der Waals surface area contributed by atoms with Gasteiger partial charge in [-0.25, -0.2) is 32.8 Å². The molecule has 3 atom stereocenters. The molecule has 1 saturated heterocycles. The van der Waals surface area contributed by atoms with Gasteiger partial charge in [0.25, 0.3) is 0 Å². The lowest BCUT2D eigenvalue weighted by atomic mass is 9.96. The van der Waals surface area contributed by atoms with Crippen LogP contribution in [0.4, 0.5) is 23.8 Å². The number of amides is 1. The van der Waals surface area contributed by atoms with Crippen LogP contribution in [0.15, 0.2) is 24.4 Å². The Bertz CT molecular complexity index is 863. The zero-order chi connectivity index (χ0) is 19.7. The number of hydrogen-bond donors (Lipinski definition) is 1. The molecule has 2 aromatic rings. The molecule has 2 heterocycles. The molecular formula is C18H18F3N3O3. The lowest BCUT2D eigenvalue weighted by molar-refractivity contribution is 0.142. The Kier molecular flexibility index (Phi) is 5.31. The van der Waals surface area contributed by atoms with Gasteiger partial charge in [0.05, 0.1) is 12.3 Å². The number of ether oxygens (including phenoxy) is 1. The van der Waals surface area contributed by atoms with Crippen LogP contribution in [0, 0.1) is 17.5 Å². The summed E-state index contributed by atoms with van der Waals surface area (Å²) in [5, 5.41) is 9.80. The minimum atomic E-state index is -0.963. The molecule has 27 heavy (non-hydrogen) atoms. The van der Waals surface area contributed by atoms with Gasteiger partial charge in [-0.1, -0.05) is 19.1 Å². The van der Waals surface area contributed by atoms with E-state index in [1.165, 1.54) is 19.1 Å². The second kappa shape index (κ2) is 7.51. The summed E-state index contributed by atoms with van der Waals surface area (Å²) >= 11 is 0. The average molecular weight is 381 g/mol. The summed E-state index contributed by atoms with van der Waals surface area (Å²) in [5.74, 6) is -3.43. The highest BCUT2D eigenvalue weighted by Crippen LogP contribution is 2.28. The third kappa shape index (κ3) is 3.73. The predicted octanol–water partition coefficient (Wildman–Crippen LogP) is 2.95. The number of anilines is 1. The number of cyclic esters (lactones) is 1. The monoisotopic (exact) mass is 381 g/mol. The third-order valence-corrected chi connectivity index (χ3v) is 4.47. The van der Waals surface area contributed by atoms with Crippen LogP contribution in [0.1, 0.15) is 31.2 Å². The number of aliphatic hydroxyl groups is 1. The van der Waals surface area contributed by atoms with Crippen molar-refractivity contribution in [2.75, 3.05) is 11.5 Å². The van der Waals surface area contributed by atoms with Crippen LogP contribution in [0.3, 0.4) is 0 Å². The first-order valence-corrected chi connectivity index (χ1v) is 8.39. The minimum absolute atomic E-state index is 0.0931. The van der Waals surface area contributed by atoms with Gasteiger partial charge in [-0.05, 0) is 24.5 Å². The van der Waals surface area contributed by atoms with E-state index in [0.717, 1.165) is 17.2 Å². The molecule has 0 unspecified atom stereocenters. The van der Waals surface area contributed by atoms with Crippen molar-refractivity contribution in [3.63, 3.8) is 0 Å². The van der Waals surface area contributed by atoms with Crippen LogP contribution in [-0.2, 0) is 11.2 Å². The van der Waals surface area contributed by atoms with Crippen LogP contribution in [0.5, 0.6) is 0 Å². The summed E-state index contributed by atoms with van der Waals surface area (Å²) in [7, 11) is 0. The van der Waals surface area contributed by atoms with E-state index in [1.54, 1.807) is 6.92 Å². The summed E-state index contributed by atoms with van der Waals surface area (Å²) in [4.78, 5) is 20.8. The molecule has 9 heteroatoms. The maximum atomic E-state index is 14.2. The van der Waals surface area contributed by atoms with E-state index in [2.05, 4.69) is 9.97 Å². The first-order chi connectivity index (χ1) is 12.8. The van der Waals surface area contributed by atoms with E-state index in [-0.39, 0.29) is 30.2 Å². The quantitative estimate of drug-likeness (QED) is 0.862. The second-order valence-electron chi connectivity index (χ2n) is 6.46. The number of rotatable bonds is 5. The zero-order valence-corrected chi connectivity index (χ0v) is 14.7. The number of carbonyl (C=O) groups excluding carboxylic acids is 1. The number of hydrogen-bond acceptors (Lipinski definition) is 5. The molecule has 144 valence electrons. The van der Waals surface area contributed by atoms with Crippen molar-refractivity contribution in [3.05, 3.63) is 53.2 Å². The Morgan fingerprint density at radius 1 is 1.30 bits per heavy atom. The Balaban J connectivity index is 1.89. The van der Waals surface area contributed by atoms with Crippen molar-refractivity contribution in [2.45, 2.75) is 38.3 Å². The molecule has 1 fully saturated rings. The fraction of sp³-hybridized carbons (Fsp3) is 0.389. The molecule has 0 bridgehead atoms. The topological polar surface area (TPSA) is 75.6 Å². The van der Waals surface area contributed by atoms with Gasteiger partial charge in [-0.15, -0.1) is 0 Å². The van der Waals surface area contributed by atoms with Crippen LogP contribution < -0.4 is 4.90 Å². The SMILES string of the molecule is C[C@H](Cc1ncc(F)c(N2C(=O)OC[C@@H]2[C@@H](C)O)n1)c1cccc(F)c1F. The standard InChI is InChI=1S/C18H18F3N3O3/c1-9(11-4-3-5-12(19)16(11)21)6-15-22-7-13(20)17(23-15)24-14(10(2)25)8-27-18(24)26/h3-5,7,9-10,14,25H,6,8H2,1-2H3/t9-,10-,14-/m1/s1. The van der Waals surface area contributed by atoms with Crippen LogP contribution >= 0.6 is 0 Å². The van der Waals surface area contributed by atoms with Gasteiger partial charge in [0.2, 0.25) is 0 Å². The highest BCUT2D eigenvalue weighted by Gasteiger charge is 2.39. The Labute approximate surface area is 153 Å². The van der Waals surface area contributed by atoms with Gasteiger partial charge in [0.15, 0.2) is 23.3 Å². The first-order valence-electron chi connectivity index (χ1n) is 8.39. The fourth-order valence-corrected chi connectivity index (χ4v) is 2.98. The summed E-state index contributed by atoms with van der Waals surface area (Å²) in [6.07, 6.45) is -0.796. The number of halogens is 3. The Morgan fingerprint density at radius 3 is 2.74 bits per heavy atom. The Morgan fingerprint density at radius 2 is 2.04 bits per heavy atom. The molecule has 1 N–H and O–H groups in total. The molecule has 1 aromatic heterocycles. The van der Waals surface area contributed by atoms with Crippen molar-refractivity contribution in [1.82, 2.24) is 9.97 Å². The van der Waals surface area contributed by atoms with Gasteiger partial charge in [-0.3, -0.25) is 0 Å². The van der Waals surface area contributed by atoms with Crippen LogP contribution in [0.25, 0.3) is 0 Å². The van der Waals surface area contributed by atoms with Gasteiger partial charge in [-0.2, -0.15) is 0 Å². The van der Waals surface area contributed by atoms with Crippen molar-refractivity contribution in [1.29, 1.82) is 0 Å². The van der Waals surface area contributed by atoms with E-state index in [9.17, 15) is 23.1 Å². The molecule has 0 aliphatic carbocycles. The Hall–Kier alpha value is -2.68. The maximum Gasteiger partial charge on any atom is 0.416 e. The van der Waals surface area contributed by atoms with Gasteiger partial charge < -0.3 is 9.84 Å². The smallest absolute Gasteiger partial charge is 0.416 e. The molecule has 1 aliphatic rings. The molecule has 0 radical (unpaired) electrons. The molecule has 0 saturated carbocycles. The minimum Gasteiger partial charge on any atom is -0.447 e. The molecule has 6 nitrogen and oxygen atoms in total. The van der Waals surface area contributed by atoms with E-state index >= 15 is 0 Å². The van der Waals surface area contributed by atoms with E-state index < -0.39 is 41.6 Å². The lowest BCUT2D eigenvalue weighted by Gasteiger charge is -2.23. The number of benzene rings is 1. The summed E-state index contributed by atoms with van der Waals surface area (Å²) < 4.78 is 46.5. The highest BCUT2D eigenvalue weighted by atomic mass is 19.2. The molecular weight excluding hydrogens is 363 g/mol. The molecule has 1 aromatic carbocycles. The molecule has 3 rings (SSSR count). The van der Waals surface area contributed by atoms with E-state index in [1.807, 2.05) is 0 Å². The van der Waals surface area contributed by atoms with Crippen molar-refractivity contribution in [3.8, 4) is 0 Å². The molecule has 1 amide bonds. The predicted molar refractivity (Wildman–Crippen MR) is 89.8 cm³/mol. The molecule has 0 spiro atoms.